The molecular formula is C18H23N3O3S2. The Bertz CT molecular complexity index is 837. The van der Waals surface area contributed by atoms with Crippen molar-refractivity contribution in [2.45, 2.75) is 36.7 Å². The molecule has 0 aliphatic carbocycles. The van der Waals surface area contributed by atoms with Crippen LogP contribution in [0.1, 0.15) is 25.7 Å². The summed E-state index contributed by atoms with van der Waals surface area (Å²) in [6, 6.07) is 7.04. The molecule has 2 fully saturated rings. The maximum Gasteiger partial charge on any atom is 0.243 e. The first-order valence-electron chi connectivity index (χ1n) is 9.04. The molecule has 0 spiro atoms. The van der Waals surface area contributed by atoms with E-state index in [1.165, 1.54) is 0 Å². The van der Waals surface area contributed by atoms with Crippen molar-refractivity contribution in [2.24, 2.45) is 0 Å². The number of aromatic nitrogens is 1. The van der Waals surface area contributed by atoms with Gasteiger partial charge >= 0.3 is 0 Å². The normalized spacial score (nSPS) is 21.3. The Morgan fingerprint density at radius 1 is 1.19 bits per heavy atom. The summed E-state index contributed by atoms with van der Waals surface area (Å²) in [5.74, 6) is 0. The number of thiazole rings is 1. The van der Waals surface area contributed by atoms with E-state index in [2.05, 4.69) is 10.3 Å². The monoisotopic (exact) mass is 393 g/mol. The summed E-state index contributed by atoms with van der Waals surface area (Å²) in [5.41, 5.74) is 1.78. The third kappa shape index (κ3) is 3.78. The second-order valence-electron chi connectivity index (χ2n) is 6.69. The quantitative estimate of drug-likeness (QED) is 0.816. The summed E-state index contributed by atoms with van der Waals surface area (Å²) >= 11 is 1.55. The van der Waals surface area contributed by atoms with Gasteiger partial charge in [-0.3, -0.25) is 0 Å². The number of nitrogens with one attached hydrogen (secondary N) is 1. The molecule has 2 aliphatic rings. The summed E-state index contributed by atoms with van der Waals surface area (Å²) in [4.78, 5) is 4.96. The van der Waals surface area contributed by atoms with Gasteiger partial charge in [0.1, 0.15) is 0 Å². The molecule has 1 aromatic carbocycles. The highest BCUT2D eigenvalue weighted by molar-refractivity contribution is 7.89. The van der Waals surface area contributed by atoms with Gasteiger partial charge in [-0.15, -0.1) is 11.3 Å². The van der Waals surface area contributed by atoms with E-state index in [1.54, 1.807) is 27.8 Å². The molecule has 0 bridgehead atoms. The van der Waals surface area contributed by atoms with Gasteiger partial charge in [0, 0.05) is 37.2 Å². The lowest BCUT2D eigenvalue weighted by molar-refractivity contribution is 0.120. The summed E-state index contributed by atoms with van der Waals surface area (Å²) in [6.45, 7) is 2.87. The van der Waals surface area contributed by atoms with Crippen LogP contribution in [0.25, 0.3) is 11.3 Å². The van der Waals surface area contributed by atoms with E-state index >= 15 is 0 Å². The van der Waals surface area contributed by atoms with Crippen molar-refractivity contribution in [1.29, 1.82) is 0 Å². The van der Waals surface area contributed by atoms with Crippen LogP contribution in [0.5, 0.6) is 0 Å². The maximum absolute atomic E-state index is 12.6. The zero-order valence-electron chi connectivity index (χ0n) is 14.6. The number of rotatable bonds is 6. The minimum Gasteiger partial charge on any atom is -0.376 e. The zero-order valence-corrected chi connectivity index (χ0v) is 16.2. The highest BCUT2D eigenvalue weighted by Gasteiger charge is 2.27. The minimum atomic E-state index is -3.36. The first kappa shape index (κ1) is 17.9. The third-order valence-corrected chi connectivity index (χ3v) is 7.57. The number of benzene rings is 1. The lowest BCUT2D eigenvalue weighted by Gasteiger charge is -2.15. The van der Waals surface area contributed by atoms with E-state index in [-0.39, 0.29) is 6.10 Å². The van der Waals surface area contributed by atoms with Crippen molar-refractivity contribution in [3.8, 4) is 11.3 Å². The van der Waals surface area contributed by atoms with Crippen molar-refractivity contribution in [1.82, 2.24) is 9.29 Å². The van der Waals surface area contributed by atoms with Crippen LogP contribution >= 0.6 is 11.3 Å². The summed E-state index contributed by atoms with van der Waals surface area (Å²) < 4.78 is 32.4. The van der Waals surface area contributed by atoms with Crippen LogP contribution in [0, 0.1) is 0 Å². The van der Waals surface area contributed by atoms with Gasteiger partial charge in [0.15, 0.2) is 5.13 Å². The second kappa shape index (κ2) is 7.64. The van der Waals surface area contributed by atoms with E-state index in [4.69, 9.17) is 4.74 Å². The highest BCUT2D eigenvalue weighted by atomic mass is 32.2. The lowest BCUT2D eigenvalue weighted by Crippen LogP contribution is -2.27. The van der Waals surface area contributed by atoms with Gasteiger partial charge in [-0.1, -0.05) is 12.1 Å². The Labute approximate surface area is 158 Å². The predicted molar refractivity (Wildman–Crippen MR) is 103 cm³/mol. The molecule has 0 radical (unpaired) electrons. The van der Waals surface area contributed by atoms with Crippen LogP contribution in [0.2, 0.25) is 0 Å². The van der Waals surface area contributed by atoms with E-state index in [9.17, 15) is 8.42 Å². The topological polar surface area (TPSA) is 71.5 Å². The van der Waals surface area contributed by atoms with Crippen molar-refractivity contribution in [2.75, 3.05) is 31.6 Å². The van der Waals surface area contributed by atoms with Crippen LogP contribution < -0.4 is 5.32 Å². The highest BCUT2D eigenvalue weighted by Crippen LogP contribution is 2.28. The molecule has 1 unspecified atom stereocenters. The minimum absolute atomic E-state index is 0.275. The zero-order chi connectivity index (χ0) is 18.0. The molecule has 2 aromatic rings. The van der Waals surface area contributed by atoms with Gasteiger partial charge in [0.2, 0.25) is 10.0 Å². The predicted octanol–water partition coefficient (Wildman–Crippen LogP) is 3.19. The van der Waals surface area contributed by atoms with Crippen LogP contribution in [0.15, 0.2) is 34.5 Å². The average molecular weight is 394 g/mol. The van der Waals surface area contributed by atoms with Gasteiger partial charge in [-0.2, -0.15) is 4.31 Å². The standard InChI is InChI=1S/C18H23N3O3S2/c22-26(23,21-9-1-2-10-21)16-7-5-14(6-8-16)17-13-25-18(20-17)19-12-15-4-3-11-24-15/h5-8,13,15H,1-4,9-12H2,(H,19,20). The maximum atomic E-state index is 12.6. The van der Waals surface area contributed by atoms with Gasteiger partial charge < -0.3 is 10.1 Å². The molecule has 2 saturated heterocycles. The molecule has 6 nitrogen and oxygen atoms in total. The molecule has 1 atom stereocenters. The molecule has 0 amide bonds. The molecule has 2 aliphatic heterocycles. The molecular weight excluding hydrogens is 370 g/mol. The van der Waals surface area contributed by atoms with Gasteiger partial charge in [-0.25, -0.2) is 13.4 Å². The molecule has 4 rings (SSSR count). The lowest BCUT2D eigenvalue weighted by atomic mass is 10.2. The fourth-order valence-corrected chi connectivity index (χ4v) is 5.62. The van der Waals surface area contributed by atoms with E-state index in [1.807, 2.05) is 17.5 Å². The third-order valence-electron chi connectivity index (χ3n) is 4.86. The first-order valence-corrected chi connectivity index (χ1v) is 11.4. The smallest absolute Gasteiger partial charge is 0.243 e. The average Bonchev–Trinajstić information content (AvgIpc) is 3.43. The number of hydrogen-bond donors (Lipinski definition) is 1. The fourth-order valence-electron chi connectivity index (χ4n) is 3.37. The van der Waals surface area contributed by atoms with E-state index in [0.717, 1.165) is 55.2 Å². The van der Waals surface area contributed by atoms with Crippen molar-refractivity contribution < 1.29 is 13.2 Å². The van der Waals surface area contributed by atoms with Gasteiger partial charge in [0.25, 0.3) is 0 Å². The molecule has 8 heteroatoms. The molecule has 0 saturated carbocycles. The van der Waals surface area contributed by atoms with E-state index in [0.29, 0.717) is 18.0 Å². The number of hydrogen-bond acceptors (Lipinski definition) is 6. The number of ether oxygens (including phenoxy) is 1. The summed E-state index contributed by atoms with van der Waals surface area (Å²) in [7, 11) is -3.36. The largest absolute Gasteiger partial charge is 0.376 e. The molecule has 26 heavy (non-hydrogen) atoms. The Kier molecular flexibility index (Phi) is 5.26. The van der Waals surface area contributed by atoms with Crippen LogP contribution in [0.4, 0.5) is 5.13 Å². The van der Waals surface area contributed by atoms with Crippen molar-refractivity contribution in [3.63, 3.8) is 0 Å². The van der Waals surface area contributed by atoms with Gasteiger partial charge in [0.05, 0.1) is 16.7 Å². The summed E-state index contributed by atoms with van der Waals surface area (Å²) in [5, 5.41) is 6.18. The second-order valence-corrected chi connectivity index (χ2v) is 9.49. The van der Waals surface area contributed by atoms with Crippen LogP contribution in [0.3, 0.4) is 0 Å². The number of sulfonamides is 1. The molecule has 1 aromatic heterocycles. The number of nitrogens with zero attached hydrogens (tertiary/aromatic N) is 2. The van der Waals surface area contributed by atoms with Gasteiger partial charge in [-0.05, 0) is 37.8 Å². The van der Waals surface area contributed by atoms with Crippen molar-refractivity contribution in [3.05, 3.63) is 29.6 Å². The summed E-state index contributed by atoms with van der Waals surface area (Å²) in [6.07, 6.45) is 4.38. The SMILES string of the molecule is O=S(=O)(c1ccc(-c2csc(NCC3CCCO3)n2)cc1)N1CCCC1. The van der Waals surface area contributed by atoms with Crippen LogP contribution in [-0.2, 0) is 14.8 Å². The first-order chi connectivity index (χ1) is 12.6. The molecule has 3 heterocycles. The van der Waals surface area contributed by atoms with E-state index < -0.39 is 10.0 Å². The van der Waals surface area contributed by atoms with Crippen LogP contribution in [-0.4, -0.2) is 50.1 Å². The Hall–Kier alpha value is -1.48. The Morgan fingerprint density at radius 3 is 2.65 bits per heavy atom. The van der Waals surface area contributed by atoms with Crippen molar-refractivity contribution >= 4 is 26.5 Å². The molecule has 140 valence electrons. The molecule has 1 N–H and O–H groups in total. The Balaban J connectivity index is 1.43. The Morgan fingerprint density at radius 2 is 1.96 bits per heavy atom. The number of anilines is 1. The fraction of sp³-hybridized carbons (Fsp3) is 0.500.